The summed E-state index contributed by atoms with van der Waals surface area (Å²) >= 11 is 0. The molecule has 0 fully saturated rings. The van der Waals surface area contributed by atoms with Gasteiger partial charge in [-0.3, -0.25) is 0 Å². The van der Waals surface area contributed by atoms with Crippen LogP contribution in [0.25, 0.3) is 5.57 Å². The fourth-order valence-corrected chi connectivity index (χ4v) is 4.13. The van der Waals surface area contributed by atoms with E-state index in [1.807, 2.05) is 19.9 Å². The first-order chi connectivity index (χ1) is 14.4. The average Bonchev–Trinajstić information content (AvgIpc) is 2.70. The van der Waals surface area contributed by atoms with Crippen molar-refractivity contribution < 1.29 is 23.4 Å². The third-order valence-corrected chi connectivity index (χ3v) is 6.23. The summed E-state index contributed by atoms with van der Waals surface area (Å²) < 4.78 is 34.7. The standard InChI is InChI=1S/C26H34F2O3/c1-8-17(21(27)11-10-16(3)23(28)24(29)30)18-14-19-20(15-22(18)31-9-2)26(6,7)13-12-25(19,4)5/h10-11,14-15H,8-9,12-13H2,1-7H3,(H,29,30)/b11-10+,21-17+,23-16+. The number of carboxylic acid groups (broad SMARTS) is 1. The van der Waals surface area contributed by atoms with Crippen molar-refractivity contribution in [1.82, 2.24) is 0 Å². The quantitative estimate of drug-likeness (QED) is 0.360. The number of hydrogen-bond acceptors (Lipinski definition) is 2. The third-order valence-electron chi connectivity index (χ3n) is 6.23. The van der Waals surface area contributed by atoms with Gasteiger partial charge in [0, 0.05) is 5.56 Å². The minimum absolute atomic E-state index is 0.0000398. The molecule has 0 aliphatic heterocycles. The summed E-state index contributed by atoms with van der Waals surface area (Å²) in [5, 5.41) is 8.76. The predicted octanol–water partition coefficient (Wildman–Crippen LogP) is 7.41. The fourth-order valence-electron chi connectivity index (χ4n) is 4.13. The van der Waals surface area contributed by atoms with Crippen LogP contribution in [0, 0.1) is 0 Å². The lowest BCUT2D eigenvalue weighted by Gasteiger charge is -2.42. The lowest BCUT2D eigenvalue weighted by Crippen LogP contribution is -2.34. The Labute approximate surface area is 184 Å². The average molecular weight is 433 g/mol. The molecule has 0 saturated heterocycles. The first-order valence-corrected chi connectivity index (χ1v) is 10.8. The molecule has 1 aromatic carbocycles. The SMILES string of the molecule is CCOc1cc2c(cc1\C(CC)=C(F)/C=C/C(C)=C(/F)C(=O)O)C(C)(C)CCC2(C)C. The van der Waals surface area contributed by atoms with Crippen molar-refractivity contribution in [2.75, 3.05) is 6.61 Å². The molecule has 170 valence electrons. The van der Waals surface area contributed by atoms with E-state index in [1.54, 1.807) is 0 Å². The van der Waals surface area contributed by atoms with E-state index >= 15 is 4.39 Å². The highest BCUT2D eigenvalue weighted by molar-refractivity contribution is 5.85. The maximum absolute atomic E-state index is 15.2. The van der Waals surface area contributed by atoms with Gasteiger partial charge in [-0.25, -0.2) is 9.18 Å². The fraction of sp³-hybridized carbons (Fsp3) is 0.500. The van der Waals surface area contributed by atoms with Crippen LogP contribution >= 0.6 is 0 Å². The number of aliphatic carboxylic acids is 1. The van der Waals surface area contributed by atoms with E-state index < -0.39 is 17.6 Å². The molecular formula is C26H34F2O3. The van der Waals surface area contributed by atoms with Gasteiger partial charge in [0.25, 0.3) is 0 Å². The maximum atomic E-state index is 15.2. The molecule has 0 amide bonds. The van der Waals surface area contributed by atoms with Gasteiger partial charge in [0.2, 0.25) is 5.83 Å². The van der Waals surface area contributed by atoms with E-state index in [0.717, 1.165) is 25.0 Å². The van der Waals surface area contributed by atoms with Gasteiger partial charge < -0.3 is 9.84 Å². The lowest BCUT2D eigenvalue weighted by atomic mass is 9.62. The van der Waals surface area contributed by atoms with Crippen LogP contribution in [0.2, 0.25) is 0 Å². The molecule has 0 spiro atoms. The normalized spacial score (nSPS) is 18.9. The highest BCUT2D eigenvalue weighted by atomic mass is 19.1. The van der Waals surface area contributed by atoms with E-state index in [4.69, 9.17) is 9.84 Å². The van der Waals surface area contributed by atoms with E-state index in [2.05, 4.69) is 33.8 Å². The predicted molar refractivity (Wildman–Crippen MR) is 122 cm³/mol. The minimum atomic E-state index is -1.67. The molecular weight excluding hydrogens is 398 g/mol. The Bertz CT molecular complexity index is 950. The van der Waals surface area contributed by atoms with Crippen LogP contribution in [0.3, 0.4) is 0 Å². The van der Waals surface area contributed by atoms with Crippen molar-refractivity contribution in [3.05, 3.63) is 58.2 Å². The number of benzene rings is 1. The molecule has 0 atom stereocenters. The summed E-state index contributed by atoms with van der Waals surface area (Å²) in [7, 11) is 0. The van der Waals surface area contributed by atoms with Crippen LogP contribution in [0.1, 0.15) is 84.4 Å². The smallest absolute Gasteiger partial charge is 0.365 e. The number of rotatable bonds is 7. The van der Waals surface area contributed by atoms with Crippen LogP contribution in [-0.4, -0.2) is 17.7 Å². The number of fused-ring (bicyclic) bond motifs is 1. The molecule has 0 aromatic heterocycles. The van der Waals surface area contributed by atoms with E-state index in [-0.39, 0.29) is 16.4 Å². The number of hydrogen-bond donors (Lipinski definition) is 1. The van der Waals surface area contributed by atoms with Crippen LogP contribution < -0.4 is 4.74 Å². The van der Waals surface area contributed by atoms with Gasteiger partial charge in [0.05, 0.1) is 6.61 Å². The Hall–Kier alpha value is -2.43. The molecule has 1 aliphatic carbocycles. The zero-order valence-electron chi connectivity index (χ0n) is 19.7. The molecule has 0 heterocycles. The Balaban J connectivity index is 2.70. The van der Waals surface area contributed by atoms with Crippen LogP contribution in [-0.2, 0) is 15.6 Å². The number of halogens is 2. The molecule has 5 heteroatoms. The number of carboxylic acids is 1. The second-order valence-electron chi connectivity index (χ2n) is 9.41. The van der Waals surface area contributed by atoms with Crippen molar-refractivity contribution in [2.45, 2.75) is 78.6 Å². The zero-order valence-corrected chi connectivity index (χ0v) is 19.7. The van der Waals surface area contributed by atoms with E-state index in [1.165, 1.54) is 18.1 Å². The van der Waals surface area contributed by atoms with Crippen LogP contribution in [0.5, 0.6) is 5.75 Å². The first-order valence-electron chi connectivity index (χ1n) is 10.8. The highest BCUT2D eigenvalue weighted by Crippen LogP contribution is 2.49. The summed E-state index contributed by atoms with van der Waals surface area (Å²) in [6.07, 6.45) is 4.78. The molecule has 2 rings (SSSR count). The Morgan fingerprint density at radius 2 is 1.61 bits per heavy atom. The van der Waals surface area contributed by atoms with Gasteiger partial charge in [-0.1, -0.05) is 40.7 Å². The number of ether oxygens (including phenoxy) is 1. The van der Waals surface area contributed by atoms with Gasteiger partial charge in [-0.2, -0.15) is 4.39 Å². The molecule has 1 aromatic rings. The molecule has 0 unspecified atom stereocenters. The molecule has 3 nitrogen and oxygen atoms in total. The Morgan fingerprint density at radius 3 is 2.10 bits per heavy atom. The molecule has 0 bridgehead atoms. The summed E-state index contributed by atoms with van der Waals surface area (Å²) in [6.45, 7) is 14.4. The van der Waals surface area contributed by atoms with Crippen molar-refractivity contribution in [2.24, 2.45) is 0 Å². The Morgan fingerprint density at radius 1 is 1.06 bits per heavy atom. The van der Waals surface area contributed by atoms with Gasteiger partial charge in [0.15, 0.2) is 0 Å². The summed E-state index contributed by atoms with van der Waals surface area (Å²) in [4.78, 5) is 10.8. The second-order valence-corrected chi connectivity index (χ2v) is 9.41. The molecule has 1 N–H and O–H groups in total. The Kier molecular flexibility index (Phi) is 7.51. The number of carbonyl (C=O) groups is 1. The lowest BCUT2D eigenvalue weighted by molar-refractivity contribution is -0.134. The van der Waals surface area contributed by atoms with Crippen molar-refractivity contribution in [3.63, 3.8) is 0 Å². The minimum Gasteiger partial charge on any atom is -0.493 e. The van der Waals surface area contributed by atoms with Gasteiger partial charge in [0.1, 0.15) is 11.6 Å². The van der Waals surface area contributed by atoms with Crippen molar-refractivity contribution >= 4 is 11.5 Å². The second kappa shape index (κ2) is 9.37. The van der Waals surface area contributed by atoms with Crippen molar-refractivity contribution in [3.8, 4) is 5.75 Å². The van der Waals surface area contributed by atoms with E-state index in [9.17, 15) is 9.18 Å². The first kappa shape index (κ1) is 24.8. The van der Waals surface area contributed by atoms with Crippen LogP contribution in [0.15, 0.2) is 41.5 Å². The molecule has 0 radical (unpaired) electrons. The van der Waals surface area contributed by atoms with Crippen molar-refractivity contribution in [1.29, 1.82) is 0 Å². The van der Waals surface area contributed by atoms with Crippen LogP contribution in [0.4, 0.5) is 8.78 Å². The van der Waals surface area contributed by atoms with E-state index in [0.29, 0.717) is 29.9 Å². The molecule has 0 saturated carbocycles. The summed E-state index contributed by atoms with van der Waals surface area (Å²) in [5.41, 5.74) is 3.38. The summed E-state index contributed by atoms with van der Waals surface area (Å²) in [6, 6.07) is 4.10. The van der Waals surface area contributed by atoms with Gasteiger partial charge >= 0.3 is 5.97 Å². The maximum Gasteiger partial charge on any atom is 0.365 e. The largest absolute Gasteiger partial charge is 0.493 e. The molecule has 1 aliphatic rings. The monoisotopic (exact) mass is 432 g/mol. The third kappa shape index (κ3) is 5.25. The topological polar surface area (TPSA) is 46.5 Å². The number of allylic oxidation sites excluding steroid dienone is 5. The molecule has 31 heavy (non-hydrogen) atoms. The highest BCUT2D eigenvalue weighted by Gasteiger charge is 2.38. The summed E-state index contributed by atoms with van der Waals surface area (Å²) in [5.74, 6) is -2.86. The van der Waals surface area contributed by atoms with Gasteiger partial charge in [-0.15, -0.1) is 0 Å². The zero-order chi connectivity index (χ0) is 23.6. The van der Waals surface area contributed by atoms with Gasteiger partial charge in [-0.05, 0) is 84.4 Å².